The molecule has 0 radical (unpaired) electrons. The Morgan fingerprint density at radius 2 is 2.43 bits per heavy atom. The van der Waals surface area contributed by atoms with Crippen molar-refractivity contribution in [2.24, 2.45) is 5.73 Å². The van der Waals surface area contributed by atoms with Crippen molar-refractivity contribution in [1.29, 1.82) is 0 Å². The summed E-state index contributed by atoms with van der Waals surface area (Å²) in [6.07, 6.45) is 2.07. The van der Waals surface area contributed by atoms with E-state index < -0.39 is 12.0 Å². The van der Waals surface area contributed by atoms with Gasteiger partial charge >= 0.3 is 5.97 Å². The minimum atomic E-state index is -0.667. The minimum Gasteiger partial charge on any atom is -0.468 e. The molecule has 0 aliphatic carbocycles. The Kier molecular flexibility index (Phi) is 6.08. The van der Waals surface area contributed by atoms with E-state index in [1.54, 1.807) is 11.3 Å². The van der Waals surface area contributed by atoms with Crippen LogP contribution in [-0.4, -0.2) is 48.0 Å². The van der Waals surface area contributed by atoms with Crippen molar-refractivity contribution < 1.29 is 14.3 Å². The third-order valence-electron chi connectivity index (χ3n) is 3.47. The number of hydrogen-bond acceptors (Lipinski definition) is 6. The van der Waals surface area contributed by atoms with Crippen LogP contribution in [0, 0.1) is 0 Å². The van der Waals surface area contributed by atoms with E-state index in [4.69, 9.17) is 5.73 Å². The molecular weight excluding hydrogens is 308 g/mol. The van der Waals surface area contributed by atoms with E-state index >= 15 is 0 Å². The molecule has 2 rings (SSSR count). The van der Waals surface area contributed by atoms with Crippen LogP contribution in [0.25, 0.3) is 0 Å². The molecule has 0 bridgehead atoms. The van der Waals surface area contributed by atoms with Gasteiger partial charge in [0.1, 0.15) is 6.04 Å². The van der Waals surface area contributed by atoms with Crippen LogP contribution >= 0.6 is 23.1 Å². The van der Waals surface area contributed by atoms with Crippen LogP contribution in [0.5, 0.6) is 0 Å². The van der Waals surface area contributed by atoms with Gasteiger partial charge in [0, 0.05) is 17.2 Å². The number of rotatable bonds is 6. The van der Waals surface area contributed by atoms with E-state index in [0.717, 1.165) is 19.4 Å². The summed E-state index contributed by atoms with van der Waals surface area (Å²) in [6, 6.07) is 3.65. The molecular formula is C14H20N2O3S2. The van der Waals surface area contributed by atoms with Crippen molar-refractivity contribution in [3.8, 4) is 0 Å². The van der Waals surface area contributed by atoms with E-state index in [9.17, 15) is 9.59 Å². The van der Waals surface area contributed by atoms with Crippen LogP contribution in [0.15, 0.2) is 17.5 Å². The number of nitrogens with two attached hydrogens (primary N) is 1. The average molecular weight is 328 g/mol. The Bertz CT molecular complexity index is 479. The fourth-order valence-corrected chi connectivity index (χ4v) is 4.14. The number of methoxy groups -OCH3 is 1. The molecule has 0 saturated carbocycles. The van der Waals surface area contributed by atoms with E-state index in [-0.39, 0.29) is 11.9 Å². The van der Waals surface area contributed by atoms with Gasteiger partial charge in [-0.3, -0.25) is 9.59 Å². The molecule has 1 fully saturated rings. The molecule has 2 unspecified atom stereocenters. The summed E-state index contributed by atoms with van der Waals surface area (Å²) in [7, 11) is 1.31. The number of thioether (sulfide) groups is 1. The van der Waals surface area contributed by atoms with Crippen LogP contribution in [0.1, 0.15) is 23.8 Å². The highest BCUT2D eigenvalue weighted by molar-refractivity contribution is 8.00. The Morgan fingerprint density at radius 1 is 1.62 bits per heavy atom. The van der Waals surface area contributed by atoms with E-state index in [2.05, 4.69) is 10.8 Å². The summed E-state index contributed by atoms with van der Waals surface area (Å²) in [6.45, 7) is 0.811. The number of amides is 1. The van der Waals surface area contributed by atoms with Crippen LogP contribution in [0.4, 0.5) is 0 Å². The van der Waals surface area contributed by atoms with Gasteiger partial charge in [0.15, 0.2) is 0 Å². The molecule has 116 valence electrons. The lowest BCUT2D eigenvalue weighted by Crippen LogP contribution is -2.35. The maximum atomic E-state index is 12.3. The van der Waals surface area contributed by atoms with Crippen molar-refractivity contribution >= 4 is 35.0 Å². The van der Waals surface area contributed by atoms with Crippen LogP contribution in [-0.2, 0) is 14.3 Å². The first-order valence-electron chi connectivity index (χ1n) is 6.87. The summed E-state index contributed by atoms with van der Waals surface area (Å²) in [5, 5.41) is 2.04. The molecule has 1 amide bonds. The van der Waals surface area contributed by atoms with Gasteiger partial charge in [0.05, 0.1) is 18.9 Å². The lowest BCUT2D eigenvalue weighted by molar-refractivity contribution is -0.141. The zero-order valence-electron chi connectivity index (χ0n) is 12.0. The SMILES string of the molecule is COC(=O)C(N)CSCC(=O)N1CCCC1c1cccs1. The largest absolute Gasteiger partial charge is 0.468 e. The Hall–Kier alpha value is -1.05. The molecule has 1 aromatic rings. The van der Waals surface area contributed by atoms with Gasteiger partial charge in [-0.25, -0.2) is 0 Å². The second kappa shape index (κ2) is 7.82. The summed E-state index contributed by atoms with van der Waals surface area (Å²) in [5.74, 6) is 0.434. The minimum absolute atomic E-state index is 0.118. The smallest absolute Gasteiger partial charge is 0.323 e. The Balaban J connectivity index is 1.81. The van der Waals surface area contributed by atoms with Crippen molar-refractivity contribution in [2.45, 2.75) is 24.9 Å². The van der Waals surface area contributed by atoms with Gasteiger partial charge in [-0.1, -0.05) is 6.07 Å². The fraction of sp³-hybridized carbons (Fsp3) is 0.571. The highest BCUT2D eigenvalue weighted by atomic mass is 32.2. The van der Waals surface area contributed by atoms with Gasteiger partial charge in [0.2, 0.25) is 5.91 Å². The number of esters is 1. The molecule has 1 aromatic heterocycles. The molecule has 2 atom stereocenters. The molecule has 2 N–H and O–H groups in total. The van der Waals surface area contributed by atoms with Gasteiger partial charge < -0.3 is 15.4 Å². The summed E-state index contributed by atoms with van der Waals surface area (Å²) in [5.41, 5.74) is 5.65. The van der Waals surface area contributed by atoms with Crippen molar-refractivity contribution in [2.75, 3.05) is 25.2 Å². The van der Waals surface area contributed by atoms with Crippen molar-refractivity contribution in [3.05, 3.63) is 22.4 Å². The number of hydrogen-bond donors (Lipinski definition) is 1. The zero-order valence-corrected chi connectivity index (χ0v) is 13.6. The zero-order chi connectivity index (χ0) is 15.2. The first-order chi connectivity index (χ1) is 10.1. The number of ether oxygens (including phenoxy) is 1. The second-order valence-electron chi connectivity index (χ2n) is 4.91. The van der Waals surface area contributed by atoms with Gasteiger partial charge in [-0.15, -0.1) is 23.1 Å². The predicted octanol–water partition coefficient (Wildman–Crippen LogP) is 1.65. The van der Waals surface area contributed by atoms with Gasteiger partial charge in [0.25, 0.3) is 0 Å². The first-order valence-corrected chi connectivity index (χ1v) is 8.91. The summed E-state index contributed by atoms with van der Waals surface area (Å²) >= 11 is 3.08. The maximum Gasteiger partial charge on any atom is 0.323 e. The Morgan fingerprint density at radius 3 is 3.10 bits per heavy atom. The molecule has 0 spiro atoms. The Labute approximate surface area is 132 Å². The maximum absolute atomic E-state index is 12.3. The number of nitrogens with zero attached hydrogens (tertiary/aromatic N) is 1. The fourth-order valence-electron chi connectivity index (χ4n) is 2.42. The van der Waals surface area contributed by atoms with Crippen LogP contribution in [0.2, 0.25) is 0 Å². The number of carbonyl (C=O) groups excluding carboxylic acids is 2. The normalized spacial score (nSPS) is 19.5. The highest BCUT2D eigenvalue weighted by Crippen LogP contribution is 2.34. The van der Waals surface area contributed by atoms with Crippen molar-refractivity contribution in [1.82, 2.24) is 4.90 Å². The van der Waals surface area contributed by atoms with E-state index in [0.29, 0.717) is 11.5 Å². The summed E-state index contributed by atoms with van der Waals surface area (Å²) in [4.78, 5) is 26.7. The lowest BCUT2D eigenvalue weighted by Gasteiger charge is -2.24. The van der Waals surface area contributed by atoms with E-state index in [1.807, 2.05) is 16.3 Å². The average Bonchev–Trinajstić information content (AvgIpc) is 3.15. The highest BCUT2D eigenvalue weighted by Gasteiger charge is 2.30. The molecule has 1 aliphatic rings. The monoisotopic (exact) mass is 328 g/mol. The standard InChI is InChI=1S/C14H20N2O3S2/c1-19-14(18)10(15)8-20-9-13(17)16-6-2-4-11(16)12-5-3-7-21-12/h3,5,7,10-11H,2,4,6,8-9,15H2,1H3. The quantitative estimate of drug-likeness (QED) is 0.804. The summed E-state index contributed by atoms with van der Waals surface area (Å²) < 4.78 is 4.56. The molecule has 2 heterocycles. The first kappa shape index (κ1) is 16.3. The van der Waals surface area contributed by atoms with Crippen LogP contribution < -0.4 is 5.73 Å². The lowest BCUT2D eigenvalue weighted by atomic mass is 10.2. The predicted molar refractivity (Wildman–Crippen MR) is 85.3 cm³/mol. The third kappa shape index (κ3) is 4.21. The number of carbonyl (C=O) groups is 2. The van der Waals surface area contributed by atoms with Crippen LogP contribution in [0.3, 0.4) is 0 Å². The van der Waals surface area contributed by atoms with Gasteiger partial charge in [-0.05, 0) is 24.3 Å². The third-order valence-corrected chi connectivity index (χ3v) is 5.49. The molecule has 1 saturated heterocycles. The second-order valence-corrected chi connectivity index (χ2v) is 6.91. The van der Waals surface area contributed by atoms with E-state index in [1.165, 1.54) is 23.7 Å². The van der Waals surface area contributed by atoms with Crippen molar-refractivity contribution in [3.63, 3.8) is 0 Å². The molecule has 21 heavy (non-hydrogen) atoms. The number of thiophene rings is 1. The molecule has 0 aromatic carbocycles. The van der Waals surface area contributed by atoms with Gasteiger partial charge in [-0.2, -0.15) is 0 Å². The molecule has 5 nitrogen and oxygen atoms in total. The topological polar surface area (TPSA) is 72.6 Å². The molecule has 7 heteroatoms. The number of likely N-dealkylation sites (tertiary alicyclic amines) is 1. The molecule has 1 aliphatic heterocycles.